The van der Waals surface area contributed by atoms with Gasteiger partial charge in [0.05, 0.1) is 0 Å². The quantitative estimate of drug-likeness (QED) is 0.896. The summed E-state index contributed by atoms with van der Waals surface area (Å²) in [7, 11) is 3.98. The summed E-state index contributed by atoms with van der Waals surface area (Å²) in [6.45, 7) is 2.05. The fourth-order valence-electron chi connectivity index (χ4n) is 1.72. The topological polar surface area (TPSA) is 80.0 Å². The normalized spacial score (nSPS) is 10.3. The van der Waals surface area contributed by atoms with Crippen molar-refractivity contribution in [1.82, 2.24) is 15.0 Å². The van der Waals surface area contributed by atoms with E-state index >= 15 is 0 Å². The zero-order chi connectivity index (χ0) is 14.0. The molecule has 6 nitrogen and oxygen atoms in total. The fourth-order valence-corrected chi connectivity index (χ4v) is 1.89. The Morgan fingerprint density at radius 2 is 1.95 bits per heavy atom. The molecule has 0 spiro atoms. The van der Waals surface area contributed by atoms with Gasteiger partial charge in [0.2, 0.25) is 17.2 Å². The second-order valence-corrected chi connectivity index (χ2v) is 4.65. The predicted molar refractivity (Wildman–Crippen MR) is 78.0 cm³/mol. The molecule has 0 bridgehead atoms. The van der Waals surface area contributed by atoms with E-state index in [2.05, 4.69) is 27.2 Å². The lowest BCUT2D eigenvalue weighted by molar-refractivity contribution is 1.07. The minimum absolute atomic E-state index is 0.0648. The molecular weight excluding hydrogens is 264 g/mol. The summed E-state index contributed by atoms with van der Waals surface area (Å²) in [5.41, 5.74) is 8.67. The first kappa shape index (κ1) is 13.4. The molecule has 7 heteroatoms. The van der Waals surface area contributed by atoms with E-state index in [1.54, 1.807) is 0 Å². The summed E-state index contributed by atoms with van der Waals surface area (Å²) in [5.74, 6) is 0.411. The van der Waals surface area contributed by atoms with E-state index < -0.39 is 0 Å². The number of benzene rings is 1. The molecule has 2 aromatic rings. The fraction of sp³-hybridized carbons (Fsp3) is 0.250. The summed E-state index contributed by atoms with van der Waals surface area (Å²) in [5, 5.41) is 3.12. The van der Waals surface area contributed by atoms with Gasteiger partial charge < -0.3 is 16.0 Å². The highest BCUT2D eigenvalue weighted by Crippen LogP contribution is 2.24. The van der Waals surface area contributed by atoms with Crippen molar-refractivity contribution in [2.24, 2.45) is 0 Å². The van der Waals surface area contributed by atoms with Crippen LogP contribution in [0.3, 0.4) is 0 Å². The molecule has 3 N–H and O–H groups in total. The molecule has 0 saturated heterocycles. The lowest BCUT2D eigenvalue weighted by atomic mass is 10.1. The minimum atomic E-state index is 0.0648. The number of hydrogen-bond donors (Lipinski definition) is 2. The maximum atomic E-state index is 5.73. The van der Waals surface area contributed by atoms with Crippen LogP contribution < -0.4 is 16.0 Å². The van der Waals surface area contributed by atoms with Gasteiger partial charge in [-0.05, 0) is 36.2 Å². The van der Waals surface area contributed by atoms with E-state index in [1.165, 1.54) is 5.56 Å². The van der Waals surface area contributed by atoms with Crippen LogP contribution in [0, 0.1) is 6.92 Å². The van der Waals surface area contributed by atoms with Crippen LogP contribution >= 0.6 is 11.6 Å². The van der Waals surface area contributed by atoms with Crippen LogP contribution in [0.15, 0.2) is 18.2 Å². The van der Waals surface area contributed by atoms with Gasteiger partial charge in [-0.25, -0.2) is 0 Å². The number of anilines is 4. The Kier molecular flexibility index (Phi) is 3.71. The number of nitrogens with one attached hydrogen (secondary N) is 1. The number of nitrogens with two attached hydrogens (primary N) is 1. The first-order valence-corrected chi connectivity index (χ1v) is 6.05. The van der Waals surface area contributed by atoms with Gasteiger partial charge in [-0.2, -0.15) is 15.0 Å². The standard InChI is InChI=1S/C12H15ClN6/c1-7-4-5-8(6-9(7)19(2)3)15-12-17-10(13)16-11(14)18-12/h4-6H,1-3H3,(H3,14,15,16,17,18). The van der Waals surface area contributed by atoms with Gasteiger partial charge in [0.1, 0.15) is 0 Å². The summed E-state index contributed by atoms with van der Waals surface area (Å²) in [4.78, 5) is 13.7. The van der Waals surface area contributed by atoms with Gasteiger partial charge in [-0.1, -0.05) is 6.07 Å². The van der Waals surface area contributed by atoms with E-state index in [0.29, 0.717) is 5.95 Å². The highest BCUT2D eigenvalue weighted by atomic mass is 35.5. The Hall–Kier alpha value is -2.08. The molecule has 19 heavy (non-hydrogen) atoms. The lowest BCUT2D eigenvalue weighted by Gasteiger charge is -2.17. The summed E-state index contributed by atoms with van der Waals surface area (Å²) < 4.78 is 0. The molecule has 0 fully saturated rings. The molecule has 0 aliphatic rings. The maximum absolute atomic E-state index is 5.73. The lowest BCUT2D eigenvalue weighted by Crippen LogP contribution is -2.10. The van der Waals surface area contributed by atoms with Crippen molar-refractivity contribution in [2.45, 2.75) is 6.92 Å². The average Bonchev–Trinajstić information content (AvgIpc) is 2.30. The second-order valence-electron chi connectivity index (χ2n) is 4.31. The Labute approximate surface area is 116 Å². The molecule has 1 heterocycles. The Balaban J connectivity index is 2.30. The third kappa shape index (κ3) is 3.23. The molecule has 0 unspecified atom stereocenters. The highest BCUT2D eigenvalue weighted by Gasteiger charge is 2.06. The second kappa shape index (κ2) is 5.27. The van der Waals surface area contributed by atoms with Crippen LogP contribution in [0.2, 0.25) is 5.28 Å². The Morgan fingerprint density at radius 3 is 2.58 bits per heavy atom. The average molecular weight is 279 g/mol. The number of halogens is 1. The molecule has 0 radical (unpaired) electrons. The molecule has 0 aliphatic carbocycles. The maximum Gasteiger partial charge on any atom is 0.233 e. The third-order valence-corrected chi connectivity index (χ3v) is 2.74. The molecular formula is C12H15ClN6. The molecule has 0 amide bonds. The van der Waals surface area contributed by atoms with Gasteiger partial charge in [0, 0.05) is 25.5 Å². The summed E-state index contributed by atoms with van der Waals surface area (Å²) in [6.07, 6.45) is 0. The highest BCUT2D eigenvalue weighted by molar-refractivity contribution is 6.28. The van der Waals surface area contributed by atoms with Crippen molar-refractivity contribution in [3.63, 3.8) is 0 Å². The smallest absolute Gasteiger partial charge is 0.233 e. The largest absolute Gasteiger partial charge is 0.377 e. The SMILES string of the molecule is Cc1ccc(Nc2nc(N)nc(Cl)n2)cc1N(C)C. The van der Waals surface area contributed by atoms with Crippen LogP contribution in [-0.4, -0.2) is 29.0 Å². The molecule has 1 aromatic carbocycles. The van der Waals surface area contributed by atoms with E-state index in [1.807, 2.05) is 37.2 Å². The zero-order valence-corrected chi connectivity index (χ0v) is 11.7. The first-order chi connectivity index (χ1) is 8.95. The van der Waals surface area contributed by atoms with Crippen molar-refractivity contribution in [2.75, 3.05) is 30.0 Å². The molecule has 0 saturated carbocycles. The molecule has 1 aromatic heterocycles. The molecule has 2 rings (SSSR count). The molecule has 0 atom stereocenters. The number of hydrogen-bond acceptors (Lipinski definition) is 6. The number of aromatic nitrogens is 3. The van der Waals surface area contributed by atoms with Crippen molar-refractivity contribution in [1.29, 1.82) is 0 Å². The number of aryl methyl sites for hydroxylation is 1. The van der Waals surface area contributed by atoms with Crippen LogP contribution in [0.25, 0.3) is 0 Å². The zero-order valence-electron chi connectivity index (χ0n) is 11.0. The van der Waals surface area contributed by atoms with Crippen molar-refractivity contribution >= 4 is 34.9 Å². The van der Waals surface area contributed by atoms with Crippen molar-refractivity contribution < 1.29 is 0 Å². The number of nitrogens with zero attached hydrogens (tertiary/aromatic N) is 4. The van der Waals surface area contributed by atoms with Crippen LogP contribution in [0.1, 0.15) is 5.56 Å². The van der Waals surface area contributed by atoms with Gasteiger partial charge in [-0.3, -0.25) is 0 Å². The predicted octanol–water partition coefficient (Wildman–Crippen LogP) is 2.23. The van der Waals surface area contributed by atoms with Gasteiger partial charge >= 0.3 is 0 Å². The Bertz CT molecular complexity index is 579. The van der Waals surface area contributed by atoms with Crippen LogP contribution in [0.4, 0.5) is 23.3 Å². The minimum Gasteiger partial charge on any atom is -0.377 e. The summed E-state index contributed by atoms with van der Waals surface area (Å²) in [6, 6.07) is 5.96. The van der Waals surface area contributed by atoms with E-state index in [9.17, 15) is 0 Å². The van der Waals surface area contributed by atoms with E-state index in [0.717, 1.165) is 11.4 Å². The number of rotatable bonds is 3. The molecule has 100 valence electrons. The van der Waals surface area contributed by atoms with Gasteiger partial charge in [-0.15, -0.1) is 0 Å². The van der Waals surface area contributed by atoms with Crippen molar-refractivity contribution in [3.8, 4) is 0 Å². The summed E-state index contributed by atoms with van der Waals surface area (Å²) >= 11 is 5.73. The van der Waals surface area contributed by atoms with Gasteiger partial charge in [0.25, 0.3) is 0 Å². The van der Waals surface area contributed by atoms with E-state index in [-0.39, 0.29) is 11.2 Å². The number of nitrogen functional groups attached to an aromatic ring is 1. The van der Waals surface area contributed by atoms with Crippen molar-refractivity contribution in [3.05, 3.63) is 29.0 Å². The first-order valence-electron chi connectivity index (χ1n) is 5.68. The van der Waals surface area contributed by atoms with Gasteiger partial charge in [0.15, 0.2) is 0 Å². The van der Waals surface area contributed by atoms with Crippen LogP contribution in [-0.2, 0) is 0 Å². The van der Waals surface area contributed by atoms with Crippen LogP contribution in [0.5, 0.6) is 0 Å². The van der Waals surface area contributed by atoms with E-state index in [4.69, 9.17) is 17.3 Å². The monoisotopic (exact) mass is 278 g/mol. The third-order valence-electron chi connectivity index (χ3n) is 2.57. The Morgan fingerprint density at radius 1 is 1.21 bits per heavy atom. The molecule has 0 aliphatic heterocycles.